The largest absolute Gasteiger partial charge is 0.379 e. The van der Waals surface area contributed by atoms with Gasteiger partial charge in [-0.25, -0.2) is 0 Å². The van der Waals surface area contributed by atoms with E-state index in [0.717, 1.165) is 24.3 Å². The van der Waals surface area contributed by atoms with Crippen LogP contribution in [0, 0.1) is 0 Å². The third-order valence-electron chi connectivity index (χ3n) is 5.41. The molecule has 1 aliphatic rings. The van der Waals surface area contributed by atoms with Crippen molar-refractivity contribution in [1.29, 1.82) is 0 Å². The molecule has 0 aromatic heterocycles. The zero-order valence-electron chi connectivity index (χ0n) is 19.3. The Morgan fingerprint density at radius 2 is 1.48 bits per heavy atom. The number of nitrogens with one attached hydrogen (secondary N) is 3. The molecule has 176 valence electrons. The minimum absolute atomic E-state index is 0.0706. The molecule has 1 saturated heterocycles. The summed E-state index contributed by atoms with van der Waals surface area (Å²) in [4.78, 5) is 40.3. The molecule has 2 aromatic carbocycles. The van der Waals surface area contributed by atoms with E-state index in [4.69, 9.17) is 4.74 Å². The van der Waals surface area contributed by atoms with Crippen LogP contribution in [0.15, 0.2) is 48.5 Å². The Hall–Kier alpha value is -3.43. The molecule has 0 bridgehead atoms. The number of amides is 3. The highest BCUT2D eigenvalue weighted by molar-refractivity contribution is 6.39. The van der Waals surface area contributed by atoms with Crippen LogP contribution < -0.4 is 20.9 Å². The monoisotopic (exact) mass is 453 g/mol. The van der Waals surface area contributed by atoms with E-state index in [9.17, 15) is 14.4 Å². The maximum absolute atomic E-state index is 12.5. The predicted molar refractivity (Wildman–Crippen MR) is 128 cm³/mol. The van der Waals surface area contributed by atoms with E-state index in [2.05, 4.69) is 33.0 Å². The standard InChI is InChI=1S/C24H31N5O4/c1-17(30)26-19-6-8-20(9-7-19)27-24(32)23(31)25-16-22(29-12-14-33-15-13-29)18-4-10-21(11-5-18)28(2)3/h4-11,22H,12-16H2,1-3H3,(H,25,31)(H,26,30)(H,27,32). The Bertz CT molecular complexity index is 954. The molecular weight excluding hydrogens is 422 g/mol. The number of ether oxygens (including phenoxy) is 1. The Morgan fingerprint density at radius 3 is 2.03 bits per heavy atom. The molecule has 9 heteroatoms. The Balaban J connectivity index is 1.62. The SMILES string of the molecule is CC(=O)Nc1ccc(NC(=O)C(=O)NCC(c2ccc(N(C)C)cc2)N2CCOCC2)cc1. The van der Waals surface area contributed by atoms with Crippen LogP contribution in [0.25, 0.3) is 0 Å². The van der Waals surface area contributed by atoms with E-state index in [1.807, 2.05) is 31.1 Å². The quantitative estimate of drug-likeness (QED) is 0.553. The van der Waals surface area contributed by atoms with E-state index in [0.29, 0.717) is 31.1 Å². The van der Waals surface area contributed by atoms with Crippen molar-refractivity contribution in [1.82, 2.24) is 10.2 Å². The number of anilines is 3. The Kier molecular flexibility index (Phi) is 8.39. The average Bonchev–Trinajstić information content (AvgIpc) is 2.81. The first-order chi connectivity index (χ1) is 15.8. The van der Waals surface area contributed by atoms with Crippen LogP contribution >= 0.6 is 0 Å². The topological polar surface area (TPSA) is 103 Å². The van der Waals surface area contributed by atoms with Gasteiger partial charge in [0.05, 0.1) is 19.3 Å². The number of hydrogen-bond donors (Lipinski definition) is 3. The highest BCUT2D eigenvalue weighted by Crippen LogP contribution is 2.24. The van der Waals surface area contributed by atoms with E-state index in [-0.39, 0.29) is 11.9 Å². The summed E-state index contributed by atoms with van der Waals surface area (Å²) in [6.07, 6.45) is 0. The third-order valence-corrected chi connectivity index (χ3v) is 5.41. The lowest BCUT2D eigenvalue weighted by Crippen LogP contribution is -2.45. The lowest BCUT2D eigenvalue weighted by Gasteiger charge is -2.35. The van der Waals surface area contributed by atoms with E-state index in [1.165, 1.54) is 6.92 Å². The summed E-state index contributed by atoms with van der Waals surface area (Å²) in [5.74, 6) is -1.63. The molecule has 3 rings (SSSR count). The fraction of sp³-hybridized carbons (Fsp3) is 0.375. The lowest BCUT2D eigenvalue weighted by atomic mass is 10.0. The average molecular weight is 454 g/mol. The Labute approximate surface area is 194 Å². The summed E-state index contributed by atoms with van der Waals surface area (Å²) in [5.41, 5.74) is 3.23. The summed E-state index contributed by atoms with van der Waals surface area (Å²) in [6, 6.07) is 14.7. The van der Waals surface area contributed by atoms with Gasteiger partial charge in [-0.15, -0.1) is 0 Å². The van der Waals surface area contributed by atoms with Crippen molar-refractivity contribution in [2.75, 3.05) is 62.5 Å². The highest BCUT2D eigenvalue weighted by atomic mass is 16.5. The summed E-state index contributed by atoms with van der Waals surface area (Å²) in [5, 5.41) is 8.00. The van der Waals surface area contributed by atoms with Crippen molar-refractivity contribution in [3.63, 3.8) is 0 Å². The number of nitrogens with zero attached hydrogens (tertiary/aromatic N) is 2. The smallest absolute Gasteiger partial charge is 0.313 e. The van der Waals surface area contributed by atoms with Crippen LogP contribution in [0.1, 0.15) is 18.5 Å². The van der Waals surface area contributed by atoms with Crippen molar-refractivity contribution in [2.24, 2.45) is 0 Å². The second-order valence-electron chi connectivity index (χ2n) is 8.07. The normalized spacial score (nSPS) is 14.8. The number of carbonyl (C=O) groups is 3. The maximum atomic E-state index is 12.5. The molecule has 1 heterocycles. The molecule has 3 N–H and O–H groups in total. The molecule has 2 aromatic rings. The number of hydrogen-bond acceptors (Lipinski definition) is 6. The van der Waals surface area contributed by atoms with Gasteiger partial charge in [-0.2, -0.15) is 0 Å². The molecular formula is C24H31N5O4. The molecule has 1 fully saturated rings. The molecule has 1 atom stereocenters. The van der Waals surface area contributed by atoms with Crippen LogP contribution in [0.3, 0.4) is 0 Å². The first-order valence-electron chi connectivity index (χ1n) is 10.9. The first kappa shape index (κ1) is 24.2. The fourth-order valence-corrected chi connectivity index (χ4v) is 3.64. The number of rotatable bonds is 7. The minimum Gasteiger partial charge on any atom is -0.379 e. The second kappa shape index (κ2) is 11.4. The van der Waals surface area contributed by atoms with Crippen LogP contribution in [-0.2, 0) is 19.1 Å². The second-order valence-corrected chi connectivity index (χ2v) is 8.07. The van der Waals surface area contributed by atoms with Gasteiger partial charge in [0.25, 0.3) is 0 Å². The van der Waals surface area contributed by atoms with Gasteiger partial charge in [0.15, 0.2) is 0 Å². The zero-order valence-corrected chi connectivity index (χ0v) is 19.3. The van der Waals surface area contributed by atoms with Crippen molar-refractivity contribution in [2.45, 2.75) is 13.0 Å². The van der Waals surface area contributed by atoms with Crippen LogP contribution in [0.2, 0.25) is 0 Å². The van der Waals surface area contributed by atoms with Crippen molar-refractivity contribution in [3.8, 4) is 0 Å². The Morgan fingerprint density at radius 1 is 0.909 bits per heavy atom. The first-order valence-corrected chi connectivity index (χ1v) is 10.9. The van der Waals surface area contributed by atoms with Gasteiger partial charge in [-0.3, -0.25) is 19.3 Å². The third kappa shape index (κ3) is 7.03. The maximum Gasteiger partial charge on any atom is 0.313 e. The molecule has 33 heavy (non-hydrogen) atoms. The summed E-state index contributed by atoms with van der Waals surface area (Å²) in [7, 11) is 3.97. The van der Waals surface area contributed by atoms with Crippen LogP contribution in [0.4, 0.5) is 17.1 Å². The van der Waals surface area contributed by atoms with E-state index in [1.54, 1.807) is 24.3 Å². The lowest BCUT2D eigenvalue weighted by molar-refractivity contribution is -0.136. The molecule has 0 radical (unpaired) electrons. The molecule has 0 aliphatic carbocycles. The van der Waals surface area contributed by atoms with Crippen molar-refractivity contribution in [3.05, 3.63) is 54.1 Å². The van der Waals surface area contributed by atoms with Crippen molar-refractivity contribution < 1.29 is 19.1 Å². The summed E-state index contributed by atoms with van der Waals surface area (Å²) in [6.45, 7) is 4.49. The fourth-order valence-electron chi connectivity index (χ4n) is 3.64. The van der Waals surface area contributed by atoms with Crippen LogP contribution in [-0.4, -0.2) is 69.6 Å². The number of carbonyl (C=O) groups excluding carboxylic acids is 3. The van der Waals surface area contributed by atoms with Crippen molar-refractivity contribution >= 4 is 34.8 Å². The molecule has 1 unspecified atom stereocenters. The molecule has 3 amide bonds. The molecule has 0 saturated carbocycles. The number of morpholine rings is 1. The zero-order chi connectivity index (χ0) is 23.8. The van der Waals surface area contributed by atoms with E-state index >= 15 is 0 Å². The van der Waals surface area contributed by atoms with Gasteiger partial charge >= 0.3 is 11.8 Å². The van der Waals surface area contributed by atoms with Gasteiger partial charge in [0, 0.05) is 57.7 Å². The van der Waals surface area contributed by atoms with Gasteiger partial charge in [-0.1, -0.05) is 12.1 Å². The summed E-state index contributed by atoms with van der Waals surface area (Å²) >= 11 is 0. The number of benzene rings is 2. The molecule has 9 nitrogen and oxygen atoms in total. The highest BCUT2D eigenvalue weighted by Gasteiger charge is 2.24. The van der Waals surface area contributed by atoms with Gasteiger partial charge < -0.3 is 25.6 Å². The molecule has 0 spiro atoms. The molecule has 1 aliphatic heterocycles. The minimum atomic E-state index is -0.744. The van der Waals surface area contributed by atoms with Gasteiger partial charge in [0.1, 0.15) is 0 Å². The van der Waals surface area contributed by atoms with Gasteiger partial charge in [-0.05, 0) is 42.0 Å². The van der Waals surface area contributed by atoms with Gasteiger partial charge in [0.2, 0.25) is 5.91 Å². The van der Waals surface area contributed by atoms with Crippen LogP contribution in [0.5, 0.6) is 0 Å². The summed E-state index contributed by atoms with van der Waals surface area (Å²) < 4.78 is 5.47. The predicted octanol–water partition coefficient (Wildman–Crippen LogP) is 1.84. The van der Waals surface area contributed by atoms with E-state index < -0.39 is 11.8 Å².